The van der Waals surface area contributed by atoms with Gasteiger partial charge in [0.05, 0.1) is 20.6 Å². The molecule has 1 aliphatic rings. The molecule has 1 aromatic heterocycles. The first-order valence-electron chi connectivity index (χ1n) is 7.60. The van der Waals surface area contributed by atoms with Crippen LogP contribution in [0.15, 0.2) is 30.3 Å². The number of methoxy groups -OCH3 is 2. The predicted octanol–water partition coefficient (Wildman–Crippen LogP) is 2.54. The fourth-order valence-electron chi connectivity index (χ4n) is 2.84. The third-order valence-corrected chi connectivity index (χ3v) is 4.19. The Morgan fingerprint density at radius 1 is 1.22 bits per heavy atom. The molecule has 0 saturated carbocycles. The minimum Gasteiger partial charge on any atom is -0.497 e. The van der Waals surface area contributed by atoms with Gasteiger partial charge in [-0.2, -0.15) is 4.98 Å². The molecule has 3 rings (SSSR count). The summed E-state index contributed by atoms with van der Waals surface area (Å²) in [6.45, 7) is 2.66. The maximum Gasteiger partial charge on any atom is 0.232 e. The SMILES string of the molecule is COc1ccc(CC(=O)N2CCc3ccc(OC)nc32)c(C)c1. The van der Waals surface area contributed by atoms with E-state index in [1.165, 1.54) is 0 Å². The number of hydrogen-bond donors (Lipinski definition) is 0. The van der Waals surface area contributed by atoms with E-state index in [1.807, 2.05) is 37.3 Å². The summed E-state index contributed by atoms with van der Waals surface area (Å²) in [5, 5.41) is 0. The molecule has 1 amide bonds. The highest BCUT2D eigenvalue weighted by atomic mass is 16.5. The number of pyridine rings is 1. The van der Waals surface area contributed by atoms with Crippen molar-refractivity contribution in [2.75, 3.05) is 25.7 Å². The lowest BCUT2D eigenvalue weighted by Crippen LogP contribution is -2.31. The molecule has 1 aromatic carbocycles. The van der Waals surface area contributed by atoms with Crippen molar-refractivity contribution >= 4 is 11.7 Å². The Hall–Kier alpha value is -2.56. The Morgan fingerprint density at radius 2 is 2.04 bits per heavy atom. The fraction of sp³-hybridized carbons (Fsp3) is 0.333. The number of aromatic nitrogens is 1. The second-order valence-corrected chi connectivity index (χ2v) is 5.60. The number of anilines is 1. The van der Waals surface area contributed by atoms with Crippen molar-refractivity contribution in [3.8, 4) is 11.6 Å². The van der Waals surface area contributed by atoms with Gasteiger partial charge < -0.3 is 9.47 Å². The van der Waals surface area contributed by atoms with Gasteiger partial charge in [-0.05, 0) is 48.2 Å². The van der Waals surface area contributed by atoms with E-state index in [0.717, 1.165) is 34.7 Å². The highest BCUT2D eigenvalue weighted by molar-refractivity contribution is 5.95. The summed E-state index contributed by atoms with van der Waals surface area (Å²) in [5.41, 5.74) is 3.15. The van der Waals surface area contributed by atoms with Crippen LogP contribution in [0.4, 0.5) is 5.82 Å². The molecule has 0 fully saturated rings. The molecule has 5 heteroatoms. The van der Waals surface area contributed by atoms with Crippen LogP contribution in [-0.2, 0) is 17.6 Å². The zero-order valence-corrected chi connectivity index (χ0v) is 13.6. The van der Waals surface area contributed by atoms with E-state index >= 15 is 0 Å². The average Bonchev–Trinajstić information content (AvgIpc) is 2.99. The third-order valence-electron chi connectivity index (χ3n) is 4.19. The van der Waals surface area contributed by atoms with Crippen molar-refractivity contribution in [1.29, 1.82) is 0 Å². The molecule has 120 valence electrons. The molecule has 0 aliphatic carbocycles. The van der Waals surface area contributed by atoms with Gasteiger partial charge in [-0.1, -0.05) is 6.07 Å². The fourth-order valence-corrected chi connectivity index (χ4v) is 2.84. The normalized spacial score (nSPS) is 12.9. The number of ether oxygens (including phenoxy) is 2. The van der Waals surface area contributed by atoms with Crippen LogP contribution in [0.2, 0.25) is 0 Å². The smallest absolute Gasteiger partial charge is 0.232 e. The Kier molecular flexibility index (Phi) is 4.19. The Bertz CT molecular complexity index is 743. The highest BCUT2D eigenvalue weighted by Gasteiger charge is 2.26. The van der Waals surface area contributed by atoms with E-state index in [4.69, 9.17) is 9.47 Å². The van der Waals surface area contributed by atoms with Crippen molar-refractivity contribution in [2.24, 2.45) is 0 Å². The lowest BCUT2D eigenvalue weighted by molar-refractivity contribution is -0.117. The van der Waals surface area contributed by atoms with Crippen LogP contribution in [0.3, 0.4) is 0 Å². The first-order chi connectivity index (χ1) is 11.1. The molecule has 0 spiro atoms. The molecule has 23 heavy (non-hydrogen) atoms. The van der Waals surface area contributed by atoms with E-state index in [9.17, 15) is 4.79 Å². The summed E-state index contributed by atoms with van der Waals surface area (Å²) >= 11 is 0. The van der Waals surface area contributed by atoms with Crippen molar-refractivity contribution in [2.45, 2.75) is 19.8 Å². The molecule has 2 heterocycles. The van der Waals surface area contributed by atoms with Crippen LogP contribution in [0.5, 0.6) is 11.6 Å². The van der Waals surface area contributed by atoms with E-state index in [1.54, 1.807) is 19.1 Å². The van der Waals surface area contributed by atoms with Gasteiger partial charge in [0.15, 0.2) is 0 Å². The maximum absolute atomic E-state index is 12.7. The Balaban J connectivity index is 1.81. The van der Waals surface area contributed by atoms with Crippen molar-refractivity contribution in [1.82, 2.24) is 4.98 Å². The van der Waals surface area contributed by atoms with Crippen LogP contribution in [0, 0.1) is 6.92 Å². The summed E-state index contributed by atoms with van der Waals surface area (Å²) in [6, 6.07) is 9.59. The molecule has 5 nitrogen and oxygen atoms in total. The molecular formula is C18H20N2O3. The van der Waals surface area contributed by atoms with Gasteiger partial charge in [-0.3, -0.25) is 9.69 Å². The minimum atomic E-state index is 0.0535. The van der Waals surface area contributed by atoms with Gasteiger partial charge in [0.2, 0.25) is 11.8 Å². The van der Waals surface area contributed by atoms with Gasteiger partial charge in [-0.25, -0.2) is 0 Å². The second-order valence-electron chi connectivity index (χ2n) is 5.60. The van der Waals surface area contributed by atoms with Crippen molar-refractivity contribution in [3.05, 3.63) is 47.0 Å². The zero-order valence-electron chi connectivity index (χ0n) is 13.6. The molecule has 0 saturated heterocycles. The summed E-state index contributed by atoms with van der Waals surface area (Å²) in [6.07, 6.45) is 1.19. The molecule has 0 bridgehead atoms. The number of nitrogens with zero attached hydrogens (tertiary/aromatic N) is 2. The average molecular weight is 312 g/mol. The largest absolute Gasteiger partial charge is 0.497 e. The number of hydrogen-bond acceptors (Lipinski definition) is 4. The van der Waals surface area contributed by atoms with Gasteiger partial charge in [-0.15, -0.1) is 0 Å². The molecule has 0 unspecified atom stereocenters. The number of fused-ring (bicyclic) bond motifs is 1. The second kappa shape index (κ2) is 6.28. The van der Waals surface area contributed by atoms with Gasteiger partial charge >= 0.3 is 0 Å². The van der Waals surface area contributed by atoms with E-state index in [-0.39, 0.29) is 5.91 Å². The van der Waals surface area contributed by atoms with Crippen LogP contribution in [0.1, 0.15) is 16.7 Å². The van der Waals surface area contributed by atoms with Gasteiger partial charge in [0.25, 0.3) is 0 Å². The van der Waals surface area contributed by atoms with Crippen LogP contribution in [0.25, 0.3) is 0 Å². The van der Waals surface area contributed by atoms with E-state index in [0.29, 0.717) is 18.8 Å². The monoisotopic (exact) mass is 312 g/mol. The summed E-state index contributed by atoms with van der Waals surface area (Å²) in [5.74, 6) is 2.11. The quantitative estimate of drug-likeness (QED) is 0.870. The topological polar surface area (TPSA) is 51.7 Å². The van der Waals surface area contributed by atoms with Crippen molar-refractivity contribution < 1.29 is 14.3 Å². The summed E-state index contributed by atoms with van der Waals surface area (Å²) in [7, 11) is 3.22. The van der Waals surface area contributed by atoms with Crippen molar-refractivity contribution in [3.63, 3.8) is 0 Å². The minimum absolute atomic E-state index is 0.0535. The molecule has 1 aliphatic heterocycles. The van der Waals surface area contributed by atoms with Crippen LogP contribution in [-0.4, -0.2) is 31.7 Å². The van der Waals surface area contributed by atoms with Gasteiger partial charge in [0.1, 0.15) is 11.6 Å². The standard InChI is InChI=1S/C18H20N2O3/c1-12-10-15(22-2)6-4-14(12)11-17(21)20-9-8-13-5-7-16(23-3)19-18(13)20/h4-7,10H,8-9,11H2,1-3H3. The maximum atomic E-state index is 12.7. The third kappa shape index (κ3) is 2.99. The summed E-state index contributed by atoms with van der Waals surface area (Å²) in [4.78, 5) is 18.9. The number of amides is 1. The van der Waals surface area contributed by atoms with E-state index < -0.39 is 0 Å². The molecular weight excluding hydrogens is 292 g/mol. The number of benzene rings is 1. The first kappa shape index (κ1) is 15.3. The first-order valence-corrected chi connectivity index (χ1v) is 7.60. The van der Waals surface area contributed by atoms with Gasteiger partial charge in [0, 0.05) is 12.6 Å². The zero-order chi connectivity index (χ0) is 16.4. The number of rotatable bonds is 4. The van der Waals surface area contributed by atoms with E-state index in [2.05, 4.69) is 4.98 Å². The van der Waals surface area contributed by atoms with Crippen LogP contribution < -0.4 is 14.4 Å². The lowest BCUT2D eigenvalue weighted by atomic mass is 10.0. The number of carbonyl (C=O) groups excluding carboxylic acids is 1. The molecule has 0 radical (unpaired) electrons. The molecule has 0 atom stereocenters. The number of aryl methyl sites for hydroxylation is 1. The van der Waals surface area contributed by atoms with Crippen LogP contribution >= 0.6 is 0 Å². The Labute approximate surface area is 135 Å². The lowest BCUT2D eigenvalue weighted by Gasteiger charge is -2.17. The predicted molar refractivity (Wildman–Crippen MR) is 88.3 cm³/mol. The molecule has 0 N–H and O–H groups in total. The number of carbonyl (C=O) groups is 1. The summed E-state index contributed by atoms with van der Waals surface area (Å²) < 4.78 is 10.4. The highest BCUT2D eigenvalue weighted by Crippen LogP contribution is 2.29. The Morgan fingerprint density at radius 3 is 2.74 bits per heavy atom. The molecule has 2 aromatic rings.